The van der Waals surface area contributed by atoms with Gasteiger partial charge in [0.15, 0.2) is 18.1 Å². The number of methoxy groups -OCH3 is 1. The number of nitrogens with one attached hydrogen (secondary N) is 1. The number of benzene rings is 2. The van der Waals surface area contributed by atoms with Gasteiger partial charge < -0.3 is 19.2 Å². The molecule has 1 N–H and O–H groups in total. The van der Waals surface area contributed by atoms with Crippen LogP contribution in [0.2, 0.25) is 0 Å². The summed E-state index contributed by atoms with van der Waals surface area (Å²) >= 11 is 1.39. The lowest BCUT2D eigenvalue weighted by molar-refractivity contribution is -0.124. The number of hydrogen-bond donors (Lipinski definition) is 1. The fourth-order valence-corrected chi connectivity index (χ4v) is 6.01. The molecule has 0 aliphatic heterocycles. The van der Waals surface area contributed by atoms with Crippen molar-refractivity contribution in [3.63, 3.8) is 0 Å². The molecule has 5 rings (SSSR count). The molecular formula is C28H26N2O6S. The van der Waals surface area contributed by atoms with Crippen molar-refractivity contribution in [3.8, 4) is 0 Å². The number of hydrogen-bond acceptors (Lipinski definition) is 8. The van der Waals surface area contributed by atoms with Crippen molar-refractivity contribution < 1.29 is 28.3 Å². The Morgan fingerprint density at radius 3 is 2.73 bits per heavy atom. The summed E-state index contributed by atoms with van der Waals surface area (Å²) in [5.41, 5.74) is 3.89. The summed E-state index contributed by atoms with van der Waals surface area (Å²) in [7, 11) is 1.33. The summed E-state index contributed by atoms with van der Waals surface area (Å²) < 4.78 is 15.8. The first-order chi connectivity index (χ1) is 18.0. The van der Waals surface area contributed by atoms with Gasteiger partial charge >= 0.3 is 11.9 Å². The molecule has 0 saturated heterocycles. The van der Waals surface area contributed by atoms with Crippen molar-refractivity contribution in [1.82, 2.24) is 4.98 Å². The van der Waals surface area contributed by atoms with E-state index in [1.165, 1.54) is 36.5 Å². The summed E-state index contributed by atoms with van der Waals surface area (Å²) in [5.74, 6) is -1.30. The van der Waals surface area contributed by atoms with Crippen molar-refractivity contribution >= 4 is 45.3 Å². The first-order valence-electron chi connectivity index (χ1n) is 12.1. The molecule has 8 nitrogen and oxygen atoms in total. The second-order valence-corrected chi connectivity index (χ2v) is 9.98. The van der Waals surface area contributed by atoms with E-state index in [0.29, 0.717) is 34.0 Å². The number of oxazole rings is 1. The number of ether oxygens (including phenoxy) is 2. The fraction of sp³-hybridized carbons (Fsp3) is 0.286. The molecule has 1 aliphatic rings. The Morgan fingerprint density at radius 1 is 1.16 bits per heavy atom. The predicted molar refractivity (Wildman–Crippen MR) is 139 cm³/mol. The van der Waals surface area contributed by atoms with Crippen LogP contribution in [0.1, 0.15) is 62.4 Å². The average molecular weight is 519 g/mol. The highest BCUT2D eigenvalue weighted by atomic mass is 32.1. The van der Waals surface area contributed by atoms with Crippen molar-refractivity contribution in [1.29, 1.82) is 0 Å². The van der Waals surface area contributed by atoms with Gasteiger partial charge in [0.1, 0.15) is 10.5 Å². The van der Waals surface area contributed by atoms with Crippen LogP contribution in [0.5, 0.6) is 0 Å². The van der Waals surface area contributed by atoms with Crippen LogP contribution < -0.4 is 5.32 Å². The van der Waals surface area contributed by atoms with Gasteiger partial charge in [-0.15, -0.1) is 11.3 Å². The third-order valence-electron chi connectivity index (χ3n) is 6.64. The maximum atomic E-state index is 13.2. The molecule has 1 aliphatic carbocycles. The molecule has 0 saturated carbocycles. The lowest BCUT2D eigenvalue weighted by Gasteiger charge is -2.22. The minimum absolute atomic E-state index is 0.254. The van der Waals surface area contributed by atoms with Crippen molar-refractivity contribution in [3.05, 3.63) is 82.1 Å². The Hall–Kier alpha value is -3.98. The van der Waals surface area contributed by atoms with Crippen LogP contribution in [0.15, 0.2) is 59.3 Å². The molecule has 2 atom stereocenters. The number of amides is 1. The molecule has 37 heavy (non-hydrogen) atoms. The zero-order chi connectivity index (χ0) is 25.9. The Kier molecular flexibility index (Phi) is 7.05. The number of aromatic nitrogens is 1. The van der Waals surface area contributed by atoms with Crippen molar-refractivity contribution in [2.24, 2.45) is 0 Å². The molecule has 1 amide bonds. The number of rotatable bonds is 7. The molecule has 0 bridgehead atoms. The molecule has 2 aromatic carbocycles. The summed E-state index contributed by atoms with van der Waals surface area (Å²) in [6.07, 6.45) is 2.90. The standard InChI is InChI=1S/C28H26N2O6S/c1-3-21(36-27(32)18-10-12-20-22(13-18)35-15-29-20)25(31)30-26-24(28(33)34-2)19-11-9-17(14-23(19)37-26)16-7-5-4-6-8-16/h4-8,10,12-13,15,17,21H,3,9,11,14H2,1-2H3,(H,30,31). The van der Waals surface area contributed by atoms with Crippen LogP contribution in [-0.4, -0.2) is 36.0 Å². The van der Waals surface area contributed by atoms with Crippen molar-refractivity contribution in [2.45, 2.75) is 44.6 Å². The maximum Gasteiger partial charge on any atom is 0.341 e. The monoisotopic (exact) mass is 518 g/mol. The van der Waals surface area contributed by atoms with E-state index >= 15 is 0 Å². The SMILES string of the molecule is CCC(OC(=O)c1ccc2ncoc2c1)C(=O)Nc1sc2c(c1C(=O)OC)CCC(c1ccccc1)C2. The lowest BCUT2D eigenvalue weighted by atomic mass is 9.83. The summed E-state index contributed by atoms with van der Waals surface area (Å²) in [4.78, 5) is 43.7. The number of thiophene rings is 1. The topological polar surface area (TPSA) is 108 Å². The van der Waals surface area contributed by atoms with E-state index in [0.717, 1.165) is 23.3 Å². The maximum absolute atomic E-state index is 13.2. The molecule has 2 unspecified atom stereocenters. The fourth-order valence-electron chi connectivity index (χ4n) is 4.70. The zero-order valence-electron chi connectivity index (χ0n) is 20.5. The molecular weight excluding hydrogens is 492 g/mol. The molecule has 4 aromatic rings. The zero-order valence-corrected chi connectivity index (χ0v) is 21.3. The molecule has 0 spiro atoms. The molecule has 2 heterocycles. The van der Waals surface area contributed by atoms with Gasteiger partial charge in [-0.2, -0.15) is 0 Å². The Bertz CT molecular complexity index is 1460. The second kappa shape index (κ2) is 10.6. The third-order valence-corrected chi connectivity index (χ3v) is 7.81. The normalized spacial score (nSPS) is 15.6. The summed E-state index contributed by atoms with van der Waals surface area (Å²) in [6, 6.07) is 15.0. The van der Waals surface area contributed by atoms with Gasteiger partial charge in [0, 0.05) is 4.88 Å². The van der Waals surface area contributed by atoms with Crippen LogP contribution in [0.25, 0.3) is 11.1 Å². The Morgan fingerprint density at radius 2 is 1.97 bits per heavy atom. The van der Waals surface area contributed by atoms with E-state index in [-0.39, 0.29) is 12.0 Å². The summed E-state index contributed by atoms with van der Waals surface area (Å²) in [6.45, 7) is 1.75. The second-order valence-electron chi connectivity index (χ2n) is 8.88. The van der Waals surface area contributed by atoms with E-state index in [4.69, 9.17) is 13.9 Å². The molecule has 2 aromatic heterocycles. The highest BCUT2D eigenvalue weighted by Crippen LogP contribution is 2.42. The molecule has 0 radical (unpaired) electrons. The average Bonchev–Trinajstić information content (AvgIpc) is 3.54. The number of fused-ring (bicyclic) bond motifs is 2. The largest absolute Gasteiger partial charge is 0.465 e. The number of carbonyl (C=O) groups excluding carboxylic acids is 3. The number of anilines is 1. The number of carbonyl (C=O) groups is 3. The van der Waals surface area contributed by atoms with Crippen LogP contribution in [0, 0.1) is 0 Å². The van der Waals surface area contributed by atoms with Crippen LogP contribution in [0.4, 0.5) is 5.00 Å². The van der Waals surface area contributed by atoms with Crippen molar-refractivity contribution in [2.75, 3.05) is 12.4 Å². The lowest BCUT2D eigenvalue weighted by Crippen LogP contribution is -2.32. The Labute approximate surface area is 217 Å². The highest BCUT2D eigenvalue weighted by Gasteiger charge is 2.32. The van der Waals surface area contributed by atoms with Gasteiger partial charge in [-0.05, 0) is 60.9 Å². The highest BCUT2D eigenvalue weighted by molar-refractivity contribution is 7.17. The van der Waals surface area contributed by atoms with Gasteiger partial charge in [-0.3, -0.25) is 4.79 Å². The van der Waals surface area contributed by atoms with Gasteiger partial charge in [-0.1, -0.05) is 37.3 Å². The van der Waals surface area contributed by atoms with E-state index in [1.807, 2.05) is 18.2 Å². The third kappa shape index (κ3) is 4.99. The predicted octanol–water partition coefficient (Wildman–Crippen LogP) is 5.52. The van der Waals surface area contributed by atoms with Gasteiger partial charge in [0.25, 0.3) is 5.91 Å². The minimum atomic E-state index is -1.04. The first-order valence-corrected chi connectivity index (χ1v) is 12.9. The van der Waals surface area contributed by atoms with E-state index in [9.17, 15) is 14.4 Å². The van der Waals surface area contributed by atoms with Crippen LogP contribution in [-0.2, 0) is 27.1 Å². The number of nitrogens with zero attached hydrogens (tertiary/aromatic N) is 1. The molecule has 0 fully saturated rings. The molecule has 9 heteroatoms. The summed E-state index contributed by atoms with van der Waals surface area (Å²) in [5, 5.41) is 3.27. The van der Waals surface area contributed by atoms with Gasteiger partial charge in [0.2, 0.25) is 0 Å². The smallest absolute Gasteiger partial charge is 0.341 e. The van der Waals surface area contributed by atoms with Crippen LogP contribution >= 0.6 is 11.3 Å². The van der Waals surface area contributed by atoms with Gasteiger partial charge in [-0.25, -0.2) is 14.6 Å². The van der Waals surface area contributed by atoms with E-state index < -0.39 is 23.9 Å². The first kappa shape index (κ1) is 24.7. The number of esters is 2. The van der Waals surface area contributed by atoms with E-state index in [2.05, 4.69) is 22.4 Å². The van der Waals surface area contributed by atoms with E-state index in [1.54, 1.807) is 19.1 Å². The quantitative estimate of drug-likeness (QED) is 0.321. The molecule has 190 valence electrons. The minimum Gasteiger partial charge on any atom is -0.465 e. The van der Waals surface area contributed by atoms with Gasteiger partial charge in [0.05, 0.1) is 18.2 Å². The Balaban J connectivity index is 1.35. The van der Waals surface area contributed by atoms with Crippen LogP contribution in [0.3, 0.4) is 0 Å².